The first-order valence-electron chi connectivity index (χ1n) is 8.28. The van der Waals surface area contributed by atoms with Crippen molar-refractivity contribution in [2.45, 2.75) is 35.8 Å². The standard InChI is InChI=1S/C19H18N4OS/c1-2-4-13-5-3-6-14(22-13)17(24)12-7-8-16-15(11-12)23-18-19(25-16)21-10-9-20-18/h3,5-11,17,24H,2,4H2,1H3,(H,20,23). The second-order valence-corrected chi connectivity index (χ2v) is 6.93. The number of rotatable bonds is 4. The van der Waals surface area contributed by atoms with Crippen molar-refractivity contribution in [3.05, 3.63) is 65.7 Å². The lowest BCUT2D eigenvalue weighted by atomic mass is 10.0. The number of hydrogen-bond donors (Lipinski definition) is 2. The average molecular weight is 350 g/mol. The van der Waals surface area contributed by atoms with Gasteiger partial charge in [-0.05, 0) is 36.2 Å². The molecule has 0 spiro atoms. The van der Waals surface area contributed by atoms with Gasteiger partial charge in [0.1, 0.15) is 11.1 Å². The van der Waals surface area contributed by atoms with Crippen LogP contribution in [0.15, 0.2) is 58.7 Å². The summed E-state index contributed by atoms with van der Waals surface area (Å²) in [5, 5.41) is 14.9. The molecule has 4 rings (SSSR count). The van der Waals surface area contributed by atoms with Crippen LogP contribution in [0.1, 0.15) is 36.4 Å². The molecule has 6 heteroatoms. The van der Waals surface area contributed by atoms with E-state index in [0.717, 1.165) is 45.5 Å². The zero-order valence-electron chi connectivity index (χ0n) is 13.8. The molecule has 0 fully saturated rings. The molecule has 5 nitrogen and oxygen atoms in total. The highest BCUT2D eigenvalue weighted by Gasteiger charge is 2.20. The minimum Gasteiger partial charge on any atom is -0.382 e. The third-order valence-corrected chi connectivity index (χ3v) is 5.13. The van der Waals surface area contributed by atoms with Gasteiger partial charge in [-0.1, -0.05) is 37.2 Å². The molecular weight excluding hydrogens is 332 g/mol. The maximum atomic E-state index is 10.8. The van der Waals surface area contributed by atoms with Crippen molar-refractivity contribution in [2.75, 3.05) is 5.32 Å². The van der Waals surface area contributed by atoms with E-state index in [1.54, 1.807) is 24.2 Å². The van der Waals surface area contributed by atoms with Gasteiger partial charge in [-0.2, -0.15) is 0 Å². The second kappa shape index (κ2) is 6.82. The molecule has 2 aromatic heterocycles. The van der Waals surface area contributed by atoms with Crippen LogP contribution in [0.2, 0.25) is 0 Å². The Morgan fingerprint density at radius 2 is 2.04 bits per heavy atom. The highest BCUT2D eigenvalue weighted by Crippen LogP contribution is 2.42. The molecule has 3 aromatic rings. The Balaban J connectivity index is 1.63. The number of benzene rings is 1. The highest BCUT2D eigenvalue weighted by atomic mass is 32.2. The van der Waals surface area contributed by atoms with Crippen LogP contribution in [0.3, 0.4) is 0 Å². The van der Waals surface area contributed by atoms with E-state index in [2.05, 4.69) is 27.2 Å². The molecule has 1 aliphatic rings. The fourth-order valence-corrected chi connectivity index (χ4v) is 3.72. The minimum absolute atomic E-state index is 0.676. The van der Waals surface area contributed by atoms with Gasteiger partial charge < -0.3 is 10.4 Å². The molecule has 0 bridgehead atoms. The lowest BCUT2D eigenvalue weighted by Gasteiger charge is -2.20. The number of anilines is 2. The number of aromatic nitrogens is 3. The van der Waals surface area contributed by atoms with E-state index in [0.29, 0.717) is 5.69 Å². The van der Waals surface area contributed by atoms with Crippen LogP contribution in [0.25, 0.3) is 0 Å². The summed E-state index contributed by atoms with van der Waals surface area (Å²) >= 11 is 1.57. The first-order valence-corrected chi connectivity index (χ1v) is 9.10. The van der Waals surface area contributed by atoms with E-state index in [1.165, 1.54) is 0 Å². The van der Waals surface area contributed by atoms with E-state index in [-0.39, 0.29) is 0 Å². The lowest BCUT2D eigenvalue weighted by molar-refractivity contribution is 0.215. The Hall–Kier alpha value is -2.44. The van der Waals surface area contributed by atoms with Crippen LogP contribution in [-0.2, 0) is 6.42 Å². The van der Waals surface area contributed by atoms with Gasteiger partial charge in [0.05, 0.1) is 11.4 Å². The largest absolute Gasteiger partial charge is 0.382 e. The van der Waals surface area contributed by atoms with Crippen LogP contribution in [0, 0.1) is 0 Å². The zero-order chi connectivity index (χ0) is 17.2. The third kappa shape index (κ3) is 3.23. The first kappa shape index (κ1) is 16.1. The number of pyridine rings is 1. The van der Waals surface area contributed by atoms with Gasteiger partial charge in [-0.15, -0.1) is 0 Å². The maximum absolute atomic E-state index is 10.8. The molecule has 0 aliphatic carbocycles. The van der Waals surface area contributed by atoms with E-state index in [9.17, 15) is 5.11 Å². The van der Waals surface area contributed by atoms with Crippen molar-refractivity contribution >= 4 is 23.3 Å². The van der Waals surface area contributed by atoms with Gasteiger partial charge in [-0.25, -0.2) is 9.97 Å². The molecular formula is C19H18N4OS. The number of aliphatic hydroxyl groups is 1. The Morgan fingerprint density at radius 1 is 1.16 bits per heavy atom. The molecule has 1 unspecified atom stereocenters. The normalized spacial score (nSPS) is 13.5. The van der Waals surface area contributed by atoms with Crippen LogP contribution in [0.5, 0.6) is 0 Å². The third-order valence-electron chi connectivity index (χ3n) is 4.06. The quantitative estimate of drug-likeness (QED) is 0.577. The van der Waals surface area contributed by atoms with Crippen LogP contribution >= 0.6 is 11.8 Å². The smallest absolute Gasteiger partial charge is 0.163 e. The maximum Gasteiger partial charge on any atom is 0.163 e. The topological polar surface area (TPSA) is 70.9 Å². The molecule has 0 saturated carbocycles. The van der Waals surface area contributed by atoms with E-state index < -0.39 is 6.10 Å². The predicted octanol–water partition coefficient (Wildman–Crippen LogP) is 4.11. The molecule has 25 heavy (non-hydrogen) atoms. The molecule has 3 heterocycles. The van der Waals surface area contributed by atoms with E-state index >= 15 is 0 Å². The molecule has 0 radical (unpaired) electrons. The van der Waals surface area contributed by atoms with Crippen molar-refractivity contribution in [3.63, 3.8) is 0 Å². The number of fused-ring (bicyclic) bond motifs is 2. The lowest BCUT2D eigenvalue weighted by Crippen LogP contribution is -2.07. The van der Waals surface area contributed by atoms with Crippen molar-refractivity contribution in [1.82, 2.24) is 15.0 Å². The average Bonchev–Trinajstić information content (AvgIpc) is 2.66. The summed E-state index contributed by atoms with van der Waals surface area (Å²) in [6, 6.07) is 11.7. The molecule has 1 atom stereocenters. The zero-order valence-corrected chi connectivity index (χ0v) is 14.6. The Morgan fingerprint density at radius 3 is 2.92 bits per heavy atom. The van der Waals surface area contributed by atoms with Crippen LogP contribution in [-0.4, -0.2) is 20.1 Å². The van der Waals surface area contributed by atoms with E-state index in [4.69, 9.17) is 0 Å². The summed E-state index contributed by atoms with van der Waals surface area (Å²) in [6.07, 6.45) is 4.55. The Kier molecular flexibility index (Phi) is 4.38. The first-order chi connectivity index (χ1) is 12.2. The summed E-state index contributed by atoms with van der Waals surface area (Å²) in [7, 11) is 0. The fraction of sp³-hybridized carbons (Fsp3) is 0.211. The molecule has 1 aromatic carbocycles. The van der Waals surface area contributed by atoms with Crippen molar-refractivity contribution in [3.8, 4) is 0 Å². The summed E-state index contributed by atoms with van der Waals surface area (Å²) in [5.74, 6) is 0.745. The number of aliphatic hydroxyl groups excluding tert-OH is 1. The van der Waals surface area contributed by atoms with Crippen molar-refractivity contribution < 1.29 is 5.11 Å². The number of nitrogens with zero attached hydrogens (tertiary/aromatic N) is 3. The van der Waals surface area contributed by atoms with Gasteiger partial charge in [0.15, 0.2) is 5.82 Å². The SMILES string of the molecule is CCCc1cccc(C(O)c2ccc3c(c2)Nc2nccnc2S3)n1. The second-order valence-electron chi connectivity index (χ2n) is 5.90. The molecule has 2 N–H and O–H groups in total. The predicted molar refractivity (Wildman–Crippen MR) is 98.2 cm³/mol. The van der Waals surface area contributed by atoms with Gasteiger partial charge in [-0.3, -0.25) is 4.98 Å². The fourth-order valence-electron chi connectivity index (χ4n) is 2.84. The number of hydrogen-bond acceptors (Lipinski definition) is 6. The minimum atomic E-state index is -0.753. The number of nitrogens with one attached hydrogen (secondary N) is 1. The number of aryl methyl sites for hydroxylation is 1. The van der Waals surface area contributed by atoms with Crippen molar-refractivity contribution in [1.29, 1.82) is 0 Å². The van der Waals surface area contributed by atoms with Crippen LogP contribution < -0.4 is 5.32 Å². The van der Waals surface area contributed by atoms with Crippen LogP contribution in [0.4, 0.5) is 11.5 Å². The molecule has 126 valence electrons. The monoisotopic (exact) mass is 350 g/mol. The van der Waals surface area contributed by atoms with E-state index in [1.807, 2.05) is 36.4 Å². The Bertz CT molecular complexity index is 915. The molecule has 0 saturated heterocycles. The summed E-state index contributed by atoms with van der Waals surface area (Å²) in [4.78, 5) is 14.3. The molecule has 0 amide bonds. The summed E-state index contributed by atoms with van der Waals surface area (Å²) < 4.78 is 0. The van der Waals surface area contributed by atoms with Gasteiger partial charge >= 0.3 is 0 Å². The summed E-state index contributed by atoms with van der Waals surface area (Å²) in [5.41, 5.74) is 3.42. The summed E-state index contributed by atoms with van der Waals surface area (Å²) in [6.45, 7) is 2.12. The highest BCUT2D eigenvalue weighted by molar-refractivity contribution is 7.99. The van der Waals surface area contributed by atoms with Gasteiger partial charge in [0.25, 0.3) is 0 Å². The Labute approximate surface area is 150 Å². The van der Waals surface area contributed by atoms with Gasteiger partial charge in [0, 0.05) is 23.0 Å². The molecule has 1 aliphatic heterocycles. The van der Waals surface area contributed by atoms with Gasteiger partial charge in [0.2, 0.25) is 0 Å². The van der Waals surface area contributed by atoms with Crippen molar-refractivity contribution in [2.24, 2.45) is 0 Å².